The zero-order chi connectivity index (χ0) is 15.8. The van der Waals surface area contributed by atoms with E-state index in [0.717, 1.165) is 25.9 Å². The number of methoxy groups -OCH3 is 1. The van der Waals surface area contributed by atoms with Gasteiger partial charge in [0.2, 0.25) is 0 Å². The van der Waals surface area contributed by atoms with Gasteiger partial charge in [-0.15, -0.1) is 0 Å². The molecule has 0 radical (unpaired) electrons. The molecule has 0 aliphatic carbocycles. The number of ether oxygens (including phenoxy) is 1. The lowest BCUT2D eigenvalue weighted by Gasteiger charge is -2.35. The van der Waals surface area contributed by atoms with Crippen LogP contribution in [0.2, 0.25) is 0 Å². The van der Waals surface area contributed by atoms with E-state index in [2.05, 4.69) is 27.4 Å². The van der Waals surface area contributed by atoms with E-state index in [0.29, 0.717) is 25.3 Å². The van der Waals surface area contributed by atoms with Gasteiger partial charge in [-0.3, -0.25) is 4.79 Å². The Bertz CT molecular complexity index is 519. The van der Waals surface area contributed by atoms with Gasteiger partial charge in [-0.25, -0.2) is 0 Å². The molecule has 0 amide bonds. The summed E-state index contributed by atoms with van der Waals surface area (Å²) in [5.74, 6) is 5.41. The third-order valence-electron chi connectivity index (χ3n) is 4.10. The summed E-state index contributed by atoms with van der Waals surface area (Å²) in [5, 5.41) is 7.29. The molecule has 0 aromatic heterocycles. The number of hydrogen-bond acceptors (Lipinski definition) is 5. The largest absolute Gasteiger partial charge is 0.469 e. The molecule has 120 valence electrons. The average Bonchev–Trinajstić information content (AvgIpc) is 2.58. The summed E-state index contributed by atoms with van der Waals surface area (Å²) < 4.78 is 4.73. The van der Waals surface area contributed by atoms with Crippen molar-refractivity contribution in [2.45, 2.75) is 25.7 Å². The van der Waals surface area contributed by atoms with Gasteiger partial charge < -0.3 is 15.5 Å². The molecule has 0 spiro atoms. The van der Waals surface area contributed by atoms with Crippen LogP contribution in [-0.2, 0) is 16.0 Å². The molecule has 2 N–H and O–H groups in total. The van der Waals surface area contributed by atoms with E-state index in [4.69, 9.17) is 10.6 Å². The van der Waals surface area contributed by atoms with Crippen molar-refractivity contribution in [2.75, 3.05) is 31.6 Å². The molecule has 2 rings (SSSR count). The van der Waals surface area contributed by atoms with Crippen molar-refractivity contribution in [1.29, 1.82) is 0 Å². The van der Waals surface area contributed by atoms with Crippen LogP contribution in [0.4, 0.5) is 5.69 Å². The quantitative estimate of drug-likeness (QED) is 0.378. The number of para-hydroxylation sites is 1. The number of benzene rings is 1. The average molecular weight is 304 g/mol. The van der Waals surface area contributed by atoms with Gasteiger partial charge in [0.15, 0.2) is 0 Å². The highest BCUT2D eigenvalue weighted by Gasteiger charge is 2.21. The highest BCUT2D eigenvalue weighted by Crippen LogP contribution is 2.27. The SMILES string of the molecule is COC(=O)CCc1ccccc1N1CCCC(CN=NN)C1. The molecule has 1 unspecified atom stereocenters. The first-order chi connectivity index (χ1) is 10.7. The minimum atomic E-state index is -0.172. The van der Waals surface area contributed by atoms with Gasteiger partial charge in [-0.2, -0.15) is 5.11 Å². The number of piperidine rings is 1. The van der Waals surface area contributed by atoms with Crippen LogP contribution in [0, 0.1) is 5.92 Å². The minimum absolute atomic E-state index is 0.172. The van der Waals surface area contributed by atoms with Gasteiger partial charge >= 0.3 is 5.97 Å². The summed E-state index contributed by atoms with van der Waals surface area (Å²) in [5.41, 5.74) is 2.40. The van der Waals surface area contributed by atoms with E-state index in [-0.39, 0.29) is 5.97 Å². The molecule has 6 nitrogen and oxygen atoms in total. The first-order valence-electron chi connectivity index (χ1n) is 7.71. The van der Waals surface area contributed by atoms with Crippen LogP contribution in [0.1, 0.15) is 24.8 Å². The number of nitrogens with zero attached hydrogens (tertiary/aromatic N) is 3. The predicted octanol–water partition coefficient (Wildman–Crippen LogP) is 2.33. The van der Waals surface area contributed by atoms with E-state index in [1.54, 1.807) is 0 Å². The van der Waals surface area contributed by atoms with Gasteiger partial charge in [0.25, 0.3) is 0 Å². The monoisotopic (exact) mass is 304 g/mol. The van der Waals surface area contributed by atoms with Crippen LogP contribution >= 0.6 is 0 Å². The van der Waals surface area contributed by atoms with Crippen molar-refractivity contribution < 1.29 is 9.53 Å². The molecule has 0 bridgehead atoms. The molecule has 1 aliphatic heterocycles. The number of rotatable bonds is 6. The molecule has 1 saturated heterocycles. The summed E-state index contributed by atoms with van der Waals surface area (Å²) in [4.78, 5) is 13.8. The van der Waals surface area contributed by atoms with E-state index in [9.17, 15) is 4.79 Å². The Morgan fingerprint density at radius 1 is 1.45 bits per heavy atom. The summed E-state index contributed by atoms with van der Waals surface area (Å²) in [6.07, 6.45) is 3.40. The third kappa shape index (κ3) is 4.44. The van der Waals surface area contributed by atoms with Gasteiger partial charge in [0.1, 0.15) is 0 Å². The van der Waals surface area contributed by atoms with E-state index < -0.39 is 0 Å². The number of esters is 1. The lowest BCUT2D eigenvalue weighted by Crippen LogP contribution is -2.37. The van der Waals surface area contributed by atoms with Gasteiger partial charge in [-0.05, 0) is 36.8 Å². The number of hydrogen-bond donors (Lipinski definition) is 1. The Hall–Kier alpha value is -2.11. The number of aryl methyl sites for hydroxylation is 1. The van der Waals surface area contributed by atoms with Crippen molar-refractivity contribution in [3.63, 3.8) is 0 Å². The summed E-state index contributed by atoms with van der Waals surface area (Å²) in [6, 6.07) is 8.27. The molecule has 0 saturated carbocycles. The number of nitrogens with two attached hydrogens (primary N) is 1. The van der Waals surface area contributed by atoms with Crippen molar-refractivity contribution in [3.05, 3.63) is 29.8 Å². The van der Waals surface area contributed by atoms with E-state index >= 15 is 0 Å². The zero-order valence-corrected chi connectivity index (χ0v) is 13.1. The Morgan fingerprint density at radius 3 is 3.05 bits per heavy atom. The highest BCUT2D eigenvalue weighted by molar-refractivity contribution is 5.70. The number of anilines is 1. The minimum Gasteiger partial charge on any atom is -0.469 e. The first kappa shape index (κ1) is 16.3. The third-order valence-corrected chi connectivity index (χ3v) is 4.10. The molecule has 1 atom stereocenters. The standard InChI is InChI=1S/C16H24N4O2/c1-22-16(21)9-8-14-6-2-3-7-15(14)20-10-4-5-13(12-20)11-18-19-17/h2-3,6-7,13H,4-5,8-12H2,1H3,(H2,17,18). The van der Waals surface area contributed by atoms with Crippen LogP contribution in [0.3, 0.4) is 0 Å². The highest BCUT2D eigenvalue weighted by atomic mass is 16.5. The van der Waals surface area contributed by atoms with Crippen molar-refractivity contribution >= 4 is 11.7 Å². The Kier molecular flexibility index (Phi) is 6.18. The molecule has 1 aliphatic rings. The summed E-state index contributed by atoms with van der Waals surface area (Å²) in [7, 11) is 1.43. The maximum Gasteiger partial charge on any atom is 0.305 e. The smallest absolute Gasteiger partial charge is 0.305 e. The van der Waals surface area contributed by atoms with Gasteiger partial charge in [0, 0.05) is 25.2 Å². The maximum absolute atomic E-state index is 11.4. The van der Waals surface area contributed by atoms with Crippen LogP contribution in [-0.4, -0.2) is 32.7 Å². The lowest BCUT2D eigenvalue weighted by molar-refractivity contribution is -0.140. The number of carbonyl (C=O) groups is 1. The second-order valence-corrected chi connectivity index (χ2v) is 5.60. The van der Waals surface area contributed by atoms with E-state index in [1.807, 2.05) is 12.1 Å². The Balaban J connectivity index is 2.05. The molecular weight excluding hydrogens is 280 g/mol. The summed E-state index contributed by atoms with van der Waals surface area (Å²) >= 11 is 0. The zero-order valence-electron chi connectivity index (χ0n) is 13.1. The molecule has 1 fully saturated rings. The van der Waals surface area contributed by atoms with Crippen LogP contribution in [0.25, 0.3) is 0 Å². The fourth-order valence-corrected chi connectivity index (χ4v) is 2.97. The van der Waals surface area contributed by atoms with Crippen LogP contribution in [0.15, 0.2) is 34.6 Å². The van der Waals surface area contributed by atoms with E-state index in [1.165, 1.54) is 18.4 Å². The van der Waals surface area contributed by atoms with Gasteiger partial charge in [-0.1, -0.05) is 23.4 Å². The number of carbonyl (C=O) groups excluding carboxylic acids is 1. The Labute approximate surface area is 131 Å². The van der Waals surface area contributed by atoms with Crippen LogP contribution < -0.4 is 10.7 Å². The molecule has 1 heterocycles. The molecule has 22 heavy (non-hydrogen) atoms. The second kappa shape index (κ2) is 8.36. The van der Waals surface area contributed by atoms with Crippen molar-refractivity contribution in [2.24, 2.45) is 22.1 Å². The predicted molar refractivity (Wildman–Crippen MR) is 85.6 cm³/mol. The van der Waals surface area contributed by atoms with Crippen molar-refractivity contribution in [1.82, 2.24) is 0 Å². The normalized spacial score (nSPS) is 18.6. The summed E-state index contributed by atoms with van der Waals surface area (Å²) in [6.45, 7) is 2.66. The van der Waals surface area contributed by atoms with Gasteiger partial charge in [0.05, 0.1) is 13.7 Å². The molecular formula is C16H24N4O2. The second-order valence-electron chi connectivity index (χ2n) is 5.60. The molecule has 1 aromatic carbocycles. The fourth-order valence-electron chi connectivity index (χ4n) is 2.97. The first-order valence-corrected chi connectivity index (χ1v) is 7.71. The van der Waals surface area contributed by atoms with Crippen molar-refractivity contribution in [3.8, 4) is 0 Å². The van der Waals surface area contributed by atoms with Crippen LogP contribution in [0.5, 0.6) is 0 Å². The fraction of sp³-hybridized carbons (Fsp3) is 0.562. The lowest BCUT2D eigenvalue weighted by atomic mass is 9.96. The molecule has 6 heteroatoms. The topological polar surface area (TPSA) is 80.3 Å². The maximum atomic E-state index is 11.4. The molecule has 1 aromatic rings. The Morgan fingerprint density at radius 2 is 2.27 bits per heavy atom.